The third-order valence-corrected chi connectivity index (χ3v) is 11.3. The molecule has 8 aromatic rings. The van der Waals surface area contributed by atoms with Crippen molar-refractivity contribution in [2.45, 2.75) is 11.8 Å². The fourth-order valence-electron chi connectivity index (χ4n) is 9.24. The molecule has 0 saturated heterocycles. The molecular formula is C50H31N2Pr-. The Labute approximate surface area is 342 Å². The second-order valence-electron chi connectivity index (χ2n) is 13.8. The van der Waals surface area contributed by atoms with Crippen molar-refractivity contribution in [2.75, 3.05) is 4.90 Å². The van der Waals surface area contributed by atoms with Crippen LogP contribution in [0, 0.1) is 59.2 Å². The summed E-state index contributed by atoms with van der Waals surface area (Å²) in [6.07, 6.45) is 4.95. The number of nitrogens with zero attached hydrogens (tertiary/aromatic N) is 2. The standard InChI is InChI=1S/C50H31N2.Pr/c1-3-15-34(16-4-1)51(35-27-29-36(30-28-35)52-48-25-13-9-20-42(48)43-21-10-14-26-49(43)52)37-31-32-41-40-19-8-12-24-46(40)50(47(41)33-37)44-22-6-2-5-17-38(44)39-18-7-11-23-45(39)50;/h1,3-5,7-10,12-21,23-33H,22H2;/q-1;. The maximum Gasteiger partial charge on any atom is 0.0541 e. The van der Waals surface area contributed by atoms with E-state index < -0.39 is 5.41 Å². The molecule has 7 aromatic carbocycles. The van der Waals surface area contributed by atoms with Crippen LogP contribution in [-0.4, -0.2) is 4.57 Å². The van der Waals surface area contributed by atoms with Crippen LogP contribution < -0.4 is 4.90 Å². The van der Waals surface area contributed by atoms with Crippen molar-refractivity contribution in [3.05, 3.63) is 210 Å². The summed E-state index contributed by atoms with van der Waals surface area (Å²) >= 11 is 0. The van der Waals surface area contributed by atoms with Crippen LogP contribution in [0.25, 0.3) is 44.2 Å². The van der Waals surface area contributed by atoms with Gasteiger partial charge < -0.3 is 9.47 Å². The number of para-hydroxylation sites is 3. The summed E-state index contributed by atoms with van der Waals surface area (Å²) in [6.45, 7) is 0. The fourth-order valence-corrected chi connectivity index (χ4v) is 9.24. The van der Waals surface area contributed by atoms with Gasteiger partial charge in [0.2, 0.25) is 0 Å². The Kier molecular flexibility index (Phi) is 7.66. The predicted octanol–water partition coefficient (Wildman–Crippen LogP) is 12.1. The minimum atomic E-state index is -0.448. The second kappa shape index (κ2) is 12.6. The van der Waals surface area contributed by atoms with Crippen molar-refractivity contribution in [1.29, 1.82) is 0 Å². The van der Waals surface area contributed by atoms with Crippen LogP contribution in [0.4, 0.5) is 17.1 Å². The number of hydrogen-bond donors (Lipinski definition) is 0. The van der Waals surface area contributed by atoms with Gasteiger partial charge in [-0.2, -0.15) is 24.3 Å². The maximum atomic E-state index is 3.48. The van der Waals surface area contributed by atoms with E-state index in [-0.39, 0.29) is 41.3 Å². The van der Waals surface area contributed by atoms with Crippen molar-refractivity contribution in [3.63, 3.8) is 0 Å². The Morgan fingerprint density at radius 2 is 1.25 bits per heavy atom. The van der Waals surface area contributed by atoms with E-state index in [1.807, 2.05) is 12.1 Å². The first-order valence-corrected chi connectivity index (χ1v) is 17.9. The average molecular weight is 801 g/mol. The van der Waals surface area contributed by atoms with Gasteiger partial charge in [0.1, 0.15) is 0 Å². The smallest absolute Gasteiger partial charge is 0.0541 e. The van der Waals surface area contributed by atoms with Gasteiger partial charge in [0.15, 0.2) is 0 Å². The van der Waals surface area contributed by atoms with E-state index in [0.717, 1.165) is 22.7 Å². The molecule has 1 spiro atoms. The summed E-state index contributed by atoms with van der Waals surface area (Å²) in [4.78, 5) is 2.39. The first-order valence-electron chi connectivity index (χ1n) is 17.9. The van der Waals surface area contributed by atoms with Gasteiger partial charge in [0.25, 0.3) is 0 Å². The van der Waals surface area contributed by atoms with Crippen LogP contribution in [0.15, 0.2) is 182 Å². The van der Waals surface area contributed by atoms with Gasteiger partial charge in [-0.3, -0.25) is 0 Å². The van der Waals surface area contributed by atoms with Crippen LogP contribution >= 0.6 is 0 Å². The number of hydrogen-bond acceptors (Lipinski definition) is 1. The Hall–Kier alpha value is -5.46. The quantitative estimate of drug-likeness (QED) is 0.127. The van der Waals surface area contributed by atoms with Gasteiger partial charge in [-0.25, -0.2) is 0 Å². The zero-order valence-corrected chi connectivity index (χ0v) is 32.6. The number of fused-ring (bicyclic) bond motifs is 12. The molecule has 0 N–H and O–H groups in total. The van der Waals surface area contributed by atoms with Gasteiger partial charge in [-0.05, 0) is 106 Å². The molecule has 0 saturated carbocycles. The SMILES string of the molecule is C1#CCC2=C(C=C1)c1cc[c-]cc1C21c2ccccc2-c2ccc(N(c3ccccc3)c3ccc(-n4c5ccccc5c5ccccc54)cc3)cc21.[Pr]. The maximum absolute atomic E-state index is 3.48. The van der Waals surface area contributed by atoms with Crippen molar-refractivity contribution >= 4 is 44.4 Å². The summed E-state index contributed by atoms with van der Waals surface area (Å²) in [5, 5.41) is 2.53. The van der Waals surface area contributed by atoms with Crippen LogP contribution in [0.3, 0.4) is 0 Å². The van der Waals surface area contributed by atoms with E-state index in [2.05, 4.69) is 191 Å². The van der Waals surface area contributed by atoms with Crippen molar-refractivity contribution in [1.82, 2.24) is 4.57 Å². The van der Waals surface area contributed by atoms with E-state index in [1.165, 1.54) is 66.3 Å². The Morgan fingerprint density at radius 1 is 0.585 bits per heavy atom. The van der Waals surface area contributed by atoms with Crippen molar-refractivity contribution < 1.29 is 41.3 Å². The fraction of sp³-hybridized carbons (Fsp3) is 0.0400. The molecule has 1 aromatic heterocycles. The second-order valence-corrected chi connectivity index (χ2v) is 13.8. The Balaban J connectivity index is 0.00000349. The molecule has 0 bridgehead atoms. The van der Waals surface area contributed by atoms with E-state index >= 15 is 0 Å². The molecule has 0 aliphatic heterocycles. The summed E-state index contributed by atoms with van der Waals surface area (Å²) in [5.41, 5.74) is 16.8. The number of benzene rings is 7. The molecule has 0 fully saturated rings. The van der Waals surface area contributed by atoms with Gasteiger partial charge in [-0.15, -0.1) is 11.1 Å². The van der Waals surface area contributed by atoms with Crippen molar-refractivity contribution in [2.24, 2.45) is 0 Å². The first-order chi connectivity index (χ1) is 25.8. The van der Waals surface area contributed by atoms with Gasteiger partial charge >= 0.3 is 0 Å². The monoisotopic (exact) mass is 800 g/mol. The molecule has 245 valence electrons. The molecule has 2 nitrogen and oxygen atoms in total. The number of aromatic nitrogens is 1. The molecule has 0 amide bonds. The Morgan fingerprint density at radius 3 is 2.04 bits per heavy atom. The van der Waals surface area contributed by atoms with Gasteiger partial charge in [0.05, 0.1) is 11.0 Å². The third-order valence-electron chi connectivity index (χ3n) is 11.3. The summed E-state index contributed by atoms with van der Waals surface area (Å²) in [7, 11) is 0. The van der Waals surface area contributed by atoms with Crippen molar-refractivity contribution in [3.8, 4) is 28.7 Å². The van der Waals surface area contributed by atoms with Gasteiger partial charge in [0, 0.05) is 86.6 Å². The molecule has 1 radical (unpaired) electrons. The number of rotatable bonds is 4. The van der Waals surface area contributed by atoms with Crippen LogP contribution in [-0.2, 0) is 5.41 Å². The molecule has 3 aliphatic carbocycles. The minimum Gasteiger partial charge on any atom is -0.310 e. The predicted molar refractivity (Wildman–Crippen MR) is 215 cm³/mol. The molecular weight excluding hydrogens is 769 g/mol. The molecule has 1 atom stereocenters. The third kappa shape index (κ3) is 4.61. The van der Waals surface area contributed by atoms with Gasteiger partial charge in [-0.1, -0.05) is 96.8 Å². The summed E-state index contributed by atoms with van der Waals surface area (Å²) in [6, 6.07) is 63.1. The number of anilines is 3. The first kappa shape index (κ1) is 32.2. The molecule has 1 heterocycles. The normalized spacial score (nSPS) is 16.0. The van der Waals surface area contributed by atoms with Crippen LogP contribution in [0.2, 0.25) is 0 Å². The zero-order valence-electron chi connectivity index (χ0n) is 28.9. The topological polar surface area (TPSA) is 8.17 Å². The average Bonchev–Trinajstić information content (AvgIpc) is 3.70. The molecule has 53 heavy (non-hydrogen) atoms. The number of allylic oxidation sites excluding steroid dienone is 4. The molecule has 3 heteroatoms. The Bertz CT molecular complexity index is 2830. The zero-order chi connectivity index (χ0) is 34.2. The van der Waals surface area contributed by atoms with E-state index in [0.29, 0.717) is 6.42 Å². The largest absolute Gasteiger partial charge is 0.310 e. The summed E-state index contributed by atoms with van der Waals surface area (Å²) < 4.78 is 2.38. The minimum absolute atomic E-state index is 0. The van der Waals surface area contributed by atoms with E-state index in [1.54, 1.807) is 0 Å². The van der Waals surface area contributed by atoms with Crippen LogP contribution in [0.1, 0.15) is 28.7 Å². The van der Waals surface area contributed by atoms with Crippen LogP contribution in [0.5, 0.6) is 0 Å². The van der Waals surface area contributed by atoms with E-state index in [9.17, 15) is 0 Å². The molecule has 3 aliphatic rings. The summed E-state index contributed by atoms with van der Waals surface area (Å²) in [5.74, 6) is 6.75. The van der Waals surface area contributed by atoms with E-state index in [4.69, 9.17) is 0 Å². The molecule has 1 unspecified atom stereocenters. The molecule has 11 rings (SSSR count).